The molecule has 0 unspecified atom stereocenters. The first-order chi connectivity index (χ1) is 6.88. The van der Waals surface area contributed by atoms with Gasteiger partial charge in [0.15, 0.2) is 0 Å². The third-order valence-electron chi connectivity index (χ3n) is 1.91. The largest absolute Gasteiger partial charge is 0.496 e. The lowest BCUT2D eigenvalue weighted by molar-refractivity contribution is 0.194. The van der Waals surface area contributed by atoms with Crippen molar-refractivity contribution < 1.29 is 9.47 Å². The lowest BCUT2D eigenvalue weighted by Gasteiger charge is -2.04. The summed E-state index contributed by atoms with van der Waals surface area (Å²) in [6, 6.07) is 2.00. The summed E-state index contributed by atoms with van der Waals surface area (Å²) >= 11 is 1.72. The van der Waals surface area contributed by atoms with Gasteiger partial charge in [-0.1, -0.05) is 0 Å². The van der Waals surface area contributed by atoms with E-state index in [0.717, 1.165) is 31.9 Å². The van der Waals surface area contributed by atoms with Crippen LogP contribution in [0, 0.1) is 0 Å². The molecule has 0 aromatic carbocycles. The average Bonchev–Trinajstić information content (AvgIpc) is 2.65. The number of hydrogen-bond donors (Lipinski definition) is 1. The molecule has 0 saturated heterocycles. The molecular weight excluding hydrogens is 198 g/mol. The molecule has 1 heterocycles. The van der Waals surface area contributed by atoms with Gasteiger partial charge in [0.2, 0.25) is 0 Å². The van der Waals surface area contributed by atoms with Crippen molar-refractivity contribution in [2.45, 2.75) is 13.0 Å². The van der Waals surface area contributed by atoms with E-state index in [-0.39, 0.29) is 0 Å². The fraction of sp³-hybridized carbons (Fsp3) is 0.600. The van der Waals surface area contributed by atoms with Crippen LogP contribution in [0.4, 0.5) is 0 Å². The maximum absolute atomic E-state index is 5.21. The van der Waals surface area contributed by atoms with Crippen molar-refractivity contribution in [1.29, 1.82) is 0 Å². The van der Waals surface area contributed by atoms with Crippen molar-refractivity contribution >= 4 is 11.3 Å². The molecule has 4 heteroatoms. The Hall–Kier alpha value is -0.580. The van der Waals surface area contributed by atoms with E-state index in [1.165, 1.54) is 4.88 Å². The van der Waals surface area contributed by atoms with Gasteiger partial charge in [-0.05, 0) is 24.4 Å². The second-order valence-corrected chi connectivity index (χ2v) is 3.94. The Balaban J connectivity index is 2.17. The van der Waals surface area contributed by atoms with Crippen molar-refractivity contribution in [3.8, 4) is 5.75 Å². The SMILES string of the molecule is COCCCNCc1sccc1OC. The summed E-state index contributed by atoms with van der Waals surface area (Å²) in [6.45, 7) is 2.67. The summed E-state index contributed by atoms with van der Waals surface area (Å²) in [6.07, 6.45) is 1.05. The van der Waals surface area contributed by atoms with Crippen molar-refractivity contribution in [2.24, 2.45) is 0 Å². The maximum atomic E-state index is 5.21. The zero-order valence-corrected chi connectivity index (χ0v) is 9.52. The van der Waals surface area contributed by atoms with Crippen LogP contribution in [0.5, 0.6) is 5.75 Å². The lowest BCUT2D eigenvalue weighted by Crippen LogP contribution is -2.15. The molecule has 0 saturated carbocycles. The van der Waals surface area contributed by atoms with Crippen LogP contribution in [0.25, 0.3) is 0 Å². The third-order valence-corrected chi connectivity index (χ3v) is 2.81. The van der Waals surface area contributed by atoms with Crippen LogP contribution in [0.2, 0.25) is 0 Å². The van der Waals surface area contributed by atoms with Gasteiger partial charge in [-0.3, -0.25) is 0 Å². The minimum Gasteiger partial charge on any atom is -0.496 e. The van der Waals surface area contributed by atoms with E-state index in [4.69, 9.17) is 9.47 Å². The molecule has 1 N–H and O–H groups in total. The van der Waals surface area contributed by atoms with Gasteiger partial charge in [-0.15, -0.1) is 11.3 Å². The molecule has 0 aliphatic rings. The Morgan fingerprint density at radius 2 is 2.29 bits per heavy atom. The van der Waals surface area contributed by atoms with Crippen LogP contribution in [0.1, 0.15) is 11.3 Å². The molecule has 0 atom stereocenters. The predicted molar refractivity (Wildman–Crippen MR) is 59.1 cm³/mol. The zero-order chi connectivity index (χ0) is 10.2. The molecule has 1 aromatic rings. The monoisotopic (exact) mass is 215 g/mol. The van der Waals surface area contributed by atoms with Crippen molar-refractivity contribution in [2.75, 3.05) is 27.4 Å². The fourth-order valence-corrected chi connectivity index (χ4v) is 1.99. The number of nitrogens with one attached hydrogen (secondary N) is 1. The molecule has 0 spiro atoms. The number of hydrogen-bond acceptors (Lipinski definition) is 4. The number of thiophene rings is 1. The second-order valence-electron chi connectivity index (χ2n) is 2.94. The first-order valence-corrected chi connectivity index (χ1v) is 5.56. The fourth-order valence-electron chi connectivity index (χ4n) is 1.18. The molecule has 0 aliphatic carbocycles. The van der Waals surface area contributed by atoms with E-state index in [1.807, 2.05) is 11.4 Å². The highest BCUT2D eigenvalue weighted by atomic mass is 32.1. The highest BCUT2D eigenvalue weighted by Crippen LogP contribution is 2.23. The van der Waals surface area contributed by atoms with Crippen LogP contribution in [0.3, 0.4) is 0 Å². The van der Waals surface area contributed by atoms with E-state index in [0.29, 0.717) is 0 Å². The smallest absolute Gasteiger partial charge is 0.134 e. The van der Waals surface area contributed by atoms with Gasteiger partial charge < -0.3 is 14.8 Å². The van der Waals surface area contributed by atoms with Gasteiger partial charge in [0.1, 0.15) is 5.75 Å². The van der Waals surface area contributed by atoms with Crippen LogP contribution >= 0.6 is 11.3 Å². The summed E-state index contributed by atoms with van der Waals surface area (Å²) in [5, 5.41) is 5.39. The normalized spacial score (nSPS) is 10.4. The quantitative estimate of drug-likeness (QED) is 0.704. The summed E-state index contributed by atoms with van der Waals surface area (Å²) in [4.78, 5) is 1.25. The zero-order valence-electron chi connectivity index (χ0n) is 8.71. The van der Waals surface area contributed by atoms with Crippen LogP contribution in [0.15, 0.2) is 11.4 Å². The molecule has 80 valence electrons. The Morgan fingerprint density at radius 3 is 3.00 bits per heavy atom. The Labute approximate surface area is 89.0 Å². The van der Waals surface area contributed by atoms with Gasteiger partial charge in [-0.2, -0.15) is 0 Å². The van der Waals surface area contributed by atoms with Gasteiger partial charge >= 0.3 is 0 Å². The summed E-state index contributed by atoms with van der Waals surface area (Å²) < 4.78 is 10.2. The van der Waals surface area contributed by atoms with E-state index < -0.39 is 0 Å². The topological polar surface area (TPSA) is 30.5 Å². The van der Waals surface area contributed by atoms with E-state index in [2.05, 4.69) is 5.32 Å². The van der Waals surface area contributed by atoms with E-state index in [1.54, 1.807) is 25.6 Å². The van der Waals surface area contributed by atoms with Crippen LogP contribution in [-0.2, 0) is 11.3 Å². The van der Waals surface area contributed by atoms with Gasteiger partial charge in [0.05, 0.1) is 12.0 Å². The molecule has 1 aromatic heterocycles. The summed E-state index contributed by atoms with van der Waals surface area (Å²) in [7, 11) is 3.43. The second kappa shape index (κ2) is 6.81. The van der Waals surface area contributed by atoms with Crippen LogP contribution < -0.4 is 10.1 Å². The predicted octanol–water partition coefficient (Wildman–Crippen LogP) is 1.88. The minimum absolute atomic E-state index is 0.814. The average molecular weight is 215 g/mol. The van der Waals surface area contributed by atoms with Crippen molar-refractivity contribution in [1.82, 2.24) is 5.32 Å². The van der Waals surface area contributed by atoms with Crippen molar-refractivity contribution in [3.05, 3.63) is 16.3 Å². The third kappa shape index (κ3) is 3.65. The van der Waals surface area contributed by atoms with E-state index >= 15 is 0 Å². The molecule has 1 rings (SSSR count). The Bertz CT molecular complexity index is 250. The highest BCUT2D eigenvalue weighted by Gasteiger charge is 2.02. The molecule has 0 bridgehead atoms. The van der Waals surface area contributed by atoms with Crippen LogP contribution in [-0.4, -0.2) is 27.4 Å². The van der Waals surface area contributed by atoms with Crippen molar-refractivity contribution in [3.63, 3.8) is 0 Å². The summed E-state index contributed by atoms with van der Waals surface area (Å²) in [5.74, 6) is 0.981. The lowest BCUT2D eigenvalue weighted by atomic mass is 10.4. The van der Waals surface area contributed by atoms with Gasteiger partial charge in [0.25, 0.3) is 0 Å². The van der Waals surface area contributed by atoms with E-state index in [9.17, 15) is 0 Å². The summed E-state index contributed by atoms with van der Waals surface area (Å²) in [5.41, 5.74) is 0. The molecule has 3 nitrogen and oxygen atoms in total. The Kier molecular flexibility index (Phi) is 5.59. The maximum Gasteiger partial charge on any atom is 0.134 e. The van der Waals surface area contributed by atoms with Gasteiger partial charge in [-0.25, -0.2) is 0 Å². The Morgan fingerprint density at radius 1 is 1.43 bits per heavy atom. The number of methoxy groups -OCH3 is 2. The standard InChI is InChI=1S/C10H17NO2S/c1-12-6-3-5-11-8-10-9(13-2)4-7-14-10/h4,7,11H,3,5-6,8H2,1-2H3. The van der Waals surface area contributed by atoms with Gasteiger partial charge in [0, 0.05) is 20.3 Å². The first-order valence-electron chi connectivity index (χ1n) is 4.68. The number of rotatable bonds is 7. The minimum atomic E-state index is 0.814. The molecular formula is C10H17NO2S. The molecule has 0 fully saturated rings. The first kappa shape index (κ1) is 11.5. The molecule has 0 amide bonds. The number of ether oxygens (including phenoxy) is 2. The molecule has 0 aliphatic heterocycles. The molecule has 0 radical (unpaired) electrons. The highest BCUT2D eigenvalue weighted by molar-refractivity contribution is 7.10. The molecule has 14 heavy (non-hydrogen) atoms.